The van der Waals surface area contributed by atoms with Crippen LogP contribution in [-0.4, -0.2) is 51.3 Å². The van der Waals surface area contributed by atoms with Crippen molar-refractivity contribution in [2.75, 3.05) is 25.2 Å². The number of carbonyl (C=O) groups excluding carboxylic acids is 1. The molecule has 6 rings (SSSR count). The van der Waals surface area contributed by atoms with E-state index in [1.807, 2.05) is 20.0 Å². The largest absolute Gasteiger partial charge is 0.381 e. The second kappa shape index (κ2) is 7.13. The molecule has 8 heteroatoms. The van der Waals surface area contributed by atoms with Crippen LogP contribution in [0.4, 0.5) is 5.69 Å². The van der Waals surface area contributed by atoms with Crippen LogP contribution in [0.25, 0.3) is 22.7 Å². The van der Waals surface area contributed by atoms with E-state index in [0.717, 1.165) is 67.5 Å². The van der Waals surface area contributed by atoms with E-state index in [1.165, 1.54) is 17.7 Å². The number of aromatic nitrogens is 5. The van der Waals surface area contributed by atoms with Crippen molar-refractivity contribution in [2.45, 2.75) is 46.0 Å². The molecule has 0 unspecified atom stereocenters. The number of pyridine rings is 1. The second-order valence-electron chi connectivity index (χ2n) is 10.2. The molecule has 0 radical (unpaired) electrons. The molecule has 2 N–H and O–H groups in total. The summed E-state index contributed by atoms with van der Waals surface area (Å²) in [5.41, 5.74) is 6.13. The molecule has 1 saturated carbocycles. The lowest BCUT2D eigenvalue weighted by atomic mass is 9.86. The van der Waals surface area contributed by atoms with Crippen molar-refractivity contribution in [2.24, 2.45) is 23.2 Å². The van der Waals surface area contributed by atoms with E-state index in [2.05, 4.69) is 27.1 Å². The number of H-pyrrole nitrogens is 2. The third-order valence-corrected chi connectivity index (χ3v) is 8.15. The standard InChI is InChI=1S/C24H30N6O2/c1-13(14-4-6-32-7-5-14)23(31)30(3)16-9-18-21(25-12-16)27-22(26-18)20-17-8-15-10-24(15,2)11-19(17)28-29-20/h9,12-15H,4-8,10-11H2,1-3H3,(H,28,29)(H,25,26,27)/t13-,15+,24+/m0/s1. The first kappa shape index (κ1) is 19.9. The van der Waals surface area contributed by atoms with Crippen molar-refractivity contribution < 1.29 is 9.53 Å². The summed E-state index contributed by atoms with van der Waals surface area (Å²) in [6.45, 7) is 5.88. The van der Waals surface area contributed by atoms with Crippen molar-refractivity contribution in [3.05, 3.63) is 23.5 Å². The summed E-state index contributed by atoms with van der Waals surface area (Å²) in [6.07, 6.45) is 7.06. The van der Waals surface area contributed by atoms with E-state index in [-0.39, 0.29) is 11.8 Å². The normalized spacial score (nSPS) is 25.9. The number of amides is 1. The van der Waals surface area contributed by atoms with E-state index >= 15 is 0 Å². The number of carbonyl (C=O) groups is 1. The Kier molecular flexibility index (Phi) is 4.44. The zero-order valence-electron chi connectivity index (χ0n) is 18.9. The van der Waals surface area contributed by atoms with Gasteiger partial charge in [-0.05, 0) is 55.4 Å². The minimum atomic E-state index is -0.0435. The van der Waals surface area contributed by atoms with Crippen LogP contribution in [0.15, 0.2) is 12.3 Å². The van der Waals surface area contributed by atoms with E-state index in [4.69, 9.17) is 9.72 Å². The molecule has 8 nitrogen and oxygen atoms in total. The third-order valence-electron chi connectivity index (χ3n) is 8.15. The predicted molar refractivity (Wildman–Crippen MR) is 121 cm³/mol. The van der Waals surface area contributed by atoms with Gasteiger partial charge in [-0.1, -0.05) is 13.8 Å². The summed E-state index contributed by atoms with van der Waals surface area (Å²) >= 11 is 0. The summed E-state index contributed by atoms with van der Waals surface area (Å²) in [5, 5.41) is 7.84. The highest BCUT2D eigenvalue weighted by Crippen LogP contribution is 2.59. The average Bonchev–Trinajstić information content (AvgIpc) is 3.11. The highest BCUT2D eigenvalue weighted by Gasteiger charge is 2.53. The molecule has 2 fully saturated rings. The Morgan fingerprint density at radius 2 is 2.16 bits per heavy atom. The molecule has 3 aliphatic rings. The lowest BCUT2D eigenvalue weighted by molar-refractivity contribution is -0.124. The summed E-state index contributed by atoms with van der Waals surface area (Å²) < 4.78 is 5.45. The van der Waals surface area contributed by atoms with Gasteiger partial charge in [0.25, 0.3) is 0 Å². The third kappa shape index (κ3) is 3.15. The van der Waals surface area contributed by atoms with E-state index in [1.54, 1.807) is 11.1 Å². The number of imidazole rings is 1. The van der Waals surface area contributed by atoms with Crippen LogP contribution in [0.1, 0.15) is 44.4 Å². The molecular formula is C24H30N6O2. The number of ether oxygens (including phenoxy) is 1. The number of fused-ring (bicyclic) bond motifs is 3. The molecule has 32 heavy (non-hydrogen) atoms. The maximum absolute atomic E-state index is 13.1. The molecule has 1 saturated heterocycles. The number of hydrogen-bond acceptors (Lipinski definition) is 5. The van der Waals surface area contributed by atoms with Crippen molar-refractivity contribution >= 4 is 22.8 Å². The monoisotopic (exact) mass is 434 g/mol. The average molecular weight is 435 g/mol. The Morgan fingerprint density at radius 1 is 1.34 bits per heavy atom. The zero-order chi connectivity index (χ0) is 22.0. The van der Waals surface area contributed by atoms with Gasteiger partial charge >= 0.3 is 0 Å². The van der Waals surface area contributed by atoms with Gasteiger partial charge in [0.15, 0.2) is 11.5 Å². The van der Waals surface area contributed by atoms with Gasteiger partial charge in [0.2, 0.25) is 5.91 Å². The lowest BCUT2D eigenvalue weighted by Crippen LogP contribution is -2.37. The molecule has 3 aromatic heterocycles. The maximum atomic E-state index is 13.1. The Hall–Kier alpha value is -2.74. The van der Waals surface area contributed by atoms with Crippen LogP contribution in [0.5, 0.6) is 0 Å². The van der Waals surface area contributed by atoms with Crippen molar-refractivity contribution in [3.8, 4) is 11.5 Å². The minimum absolute atomic E-state index is 0.0435. The van der Waals surface area contributed by atoms with Gasteiger partial charge in [-0.15, -0.1) is 0 Å². The number of rotatable bonds is 4. The summed E-state index contributed by atoms with van der Waals surface area (Å²) in [7, 11) is 1.82. The molecular weight excluding hydrogens is 404 g/mol. The fourth-order valence-corrected chi connectivity index (χ4v) is 5.68. The number of anilines is 1. The van der Waals surface area contributed by atoms with Crippen molar-refractivity contribution in [1.29, 1.82) is 0 Å². The first-order valence-electron chi connectivity index (χ1n) is 11.7. The smallest absolute Gasteiger partial charge is 0.229 e. The lowest BCUT2D eigenvalue weighted by Gasteiger charge is -2.29. The van der Waals surface area contributed by atoms with Gasteiger partial charge in [-0.25, -0.2) is 9.97 Å². The predicted octanol–water partition coefficient (Wildman–Crippen LogP) is 3.50. The molecule has 3 aromatic rings. The second-order valence-corrected chi connectivity index (χ2v) is 10.2. The van der Waals surface area contributed by atoms with Gasteiger partial charge in [-0.2, -0.15) is 5.10 Å². The Balaban J connectivity index is 1.25. The van der Waals surface area contributed by atoms with Gasteiger partial charge in [-0.3, -0.25) is 9.89 Å². The Labute approximate surface area is 187 Å². The topological polar surface area (TPSA) is 99.8 Å². The molecule has 0 aromatic carbocycles. The quantitative estimate of drug-likeness (QED) is 0.655. The van der Waals surface area contributed by atoms with Crippen LogP contribution in [0.2, 0.25) is 0 Å². The number of aromatic amines is 2. The molecule has 1 amide bonds. The summed E-state index contributed by atoms with van der Waals surface area (Å²) in [4.78, 5) is 27.5. The van der Waals surface area contributed by atoms with E-state index < -0.39 is 0 Å². The molecule has 4 heterocycles. The SMILES string of the molecule is C[C@H](C(=O)N(C)c1cnc2[nH]c(-c3n[nH]c4c3C[C@@H]3C[C@]3(C)C4)nc2c1)C1CCOCC1. The van der Waals surface area contributed by atoms with E-state index in [9.17, 15) is 4.79 Å². The van der Waals surface area contributed by atoms with Crippen LogP contribution in [-0.2, 0) is 22.4 Å². The first-order chi connectivity index (χ1) is 15.4. The van der Waals surface area contributed by atoms with Crippen molar-refractivity contribution in [3.63, 3.8) is 0 Å². The highest BCUT2D eigenvalue weighted by atomic mass is 16.5. The number of nitrogens with zero attached hydrogens (tertiary/aromatic N) is 4. The van der Waals surface area contributed by atoms with Gasteiger partial charge in [0, 0.05) is 37.4 Å². The minimum Gasteiger partial charge on any atom is -0.381 e. The Bertz CT molecular complexity index is 1190. The number of hydrogen-bond donors (Lipinski definition) is 2. The summed E-state index contributed by atoms with van der Waals surface area (Å²) in [6, 6.07) is 1.94. The van der Waals surface area contributed by atoms with Crippen molar-refractivity contribution in [1.82, 2.24) is 25.1 Å². The maximum Gasteiger partial charge on any atom is 0.229 e. The summed E-state index contributed by atoms with van der Waals surface area (Å²) in [5.74, 6) is 1.95. The van der Waals surface area contributed by atoms with E-state index in [0.29, 0.717) is 17.0 Å². The molecule has 168 valence electrons. The fourth-order valence-electron chi connectivity index (χ4n) is 5.68. The number of nitrogens with one attached hydrogen (secondary N) is 2. The zero-order valence-corrected chi connectivity index (χ0v) is 18.9. The first-order valence-corrected chi connectivity index (χ1v) is 11.7. The van der Waals surface area contributed by atoms with Crippen LogP contribution in [0.3, 0.4) is 0 Å². The van der Waals surface area contributed by atoms with Crippen LogP contribution < -0.4 is 4.90 Å². The van der Waals surface area contributed by atoms with Crippen LogP contribution in [0, 0.1) is 23.2 Å². The molecule has 3 atom stereocenters. The molecule has 0 bridgehead atoms. The van der Waals surface area contributed by atoms with Gasteiger partial charge < -0.3 is 14.6 Å². The van der Waals surface area contributed by atoms with Gasteiger partial charge in [0.05, 0.1) is 11.9 Å². The molecule has 1 aliphatic heterocycles. The fraction of sp³-hybridized carbons (Fsp3) is 0.583. The highest BCUT2D eigenvalue weighted by molar-refractivity contribution is 5.95. The molecule has 2 aliphatic carbocycles. The van der Waals surface area contributed by atoms with Crippen LogP contribution >= 0.6 is 0 Å². The van der Waals surface area contributed by atoms with Gasteiger partial charge in [0.1, 0.15) is 11.2 Å². The Morgan fingerprint density at radius 3 is 2.97 bits per heavy atom. The molecule has 0 spiro atoms.